The van der Waals surface area contributed by atoms with Crippen LogP contribution in [0.1, 0.15) is 24.1 Å². The number of β-amino-alcohol motifs (C(OH)–C–C–N with tert-alkyl or cyclic N) is 1. The number of aliphatic hydroxyl groups excluding tert-OH is 2. The fourth-order valence-electron chi connectivity index (χ4n) is 3.47. The number of amides is 1. The van der Waals surface area contributed by atoms with E-state index in [1.807, 2.05) is 0 Å². The number of hydrogen-bond donors (Lipinski definition) is 2. The van der Waals surface area contributed by atoms with E-state index < -0.39 is 23.8 Å². The van der Waals surface area contributed by atoms with Crippen LogP contribution < -0.4 is 9.47 Å². The molecule has 152 valence electrons. The van der Waals surface area contributed by atoms with E-state index in [4.69, 9.17) is 9.47 Å². The molecule has 0 aliphatic carbocycles. The summed E-state index contributed by atoms with van der Waals surface area (Å²) in [6.45, 7) is 1.45. The van der Waals surface area contributed by atoms with Crippen LogP contribution in [0.3, 0.4) is 0 Å². The minimum absolute atomic E-state index is 0.0506. The third-order valence-corrected chi connectivity index (χ3v) is 4.78. The molecule has 0 saturated carbocycles. The molecule has 2 aromatic rings. The molecule has 0 radical (unpaired) electrons. The second kappa shape index (κ2) is 8.36. The Bertz CT molecular complexity index is 951. The Morgan fingerprint density at radius 2 is 1.79 bits per heavy atom. The summed E-state index contributed by atoms with van der Waals surface area (Å²) in [5.41, 5.74) is 0.871. The number of rotatable bonds is 6. The van der Waals surface area contributed by atoms with Gasteiger partial charge in [-0.3, -0.25) is 9.59 Å². The van der Waals surface area contributed by atoms with Gasteiger partial charge < -0.3 is 24.6 Å². The molecule has 1 fully saturated rings. The van der Waals surface area contributed by atoms with Crippen LogP contribution >= 0.6 is 0 Å². The van der Waals surface area contributed by atoms with Gasteiger partial charge in [0.25, 0.3) is 11.7 Å². The molecule has 29 heavy (non-hydrogen) atoms. The summed E-state index contributed by atoms with van der Waals surface area (Å²) < 4.78 is 10.7. The SMILES string of the molecule is COc1ccc(C2/C(=C(\O)c3ccccc3)C(=O)C(=O)N2CC(C)O)c(OC)c1. The van der Waals surface area contributed by atoms with Crippen LogP contribution in [0.15, 0.2) is 54.1 Å². The summed E-state index contributed by atoms with van der Waals surface area (Å²) in [6.07, 6.45) is -0.864. The number of Topliss-reactive ketones (excluding diaryl/α,β-unsaturated/α-hetero) is 1. The molecule has 1 aliphatic heterocycles. The standard InChI is InChI=1S/C22H23NO6/c1-13(24)12-23-19(16-10-9-15(28-2)11-17(16)29-3)18(21(26)22(23)27)20(25)14-7-5-4-6-8-14/h4-11,13,19,24-25H,12H2,1-3H3/b20-18+. The fourth-order valence-corrected chi connectivity index (χ4v) is 3.47. The van der Waals surface area contributed by atoms with Crippen molar-refractivity contribution in [1.29, 1.82) is 0 Å². The number of methoxy groups -OCH3 is 2. The summed E-state index contributed by atoms with van der Waals surface area (Å²) in [5, 5.41) is 20.8. The molecule has 7 heteroatoms. The number of aliphatic hydroxyl groups is 2. The highest BCUT2D eigenvalue weighted by molar-refractivity contribution is 6.46. The maximum Gasteiger partial charge on any atom is 0.295 e. The van der Waals surface area contributed by atoms with Crippen molar-refractivity contribution in [3.63, 3.8) is 0 Å². The zero-order valence-corrected chi connectivity index (χ0v) is 16.5. The molecule has 1 aliphatic rings. The van der Waals surface area contributed by atoms with Crippen LogP contribution in [0.4, 0.5) is 0 Å². The second-order valence-electron chi connectivity index (χ2n) is 6.77. The second-order valence-corrected chi connectivity index (χ2v) is 6.77. The lowest BCUT2D eigenvalue weighted by Gasteiger charge is -2.27. The van der Waals surface area contributed by atoms with Crippen LogP contribution in [-0.4, -0.2) is 53.7 Å². The van der Waals surface area contributed by atoms with Gasteiger partial charge in [-0.05, 0) is 19.1 Å². The van der Waals surface area contributed by atoms with Gasteiger partial charge in [0.1, 0.15) is 17.3 Å². The molecule has 2 unspecified atom stereocenters. The first-order valence-electron chi connectivity index (χ1n) is 9.12. The molecule has 1 saturated heterocycles. The summed E-state index contributed by atoms with van der Waals surface area (Å²) >= 11 is 0. The van der Waals surface area contributed by atoms with E-state index >= 15 is 0 Å². The first-order valence-corrected chi connectivity index (χ1v) is 9.12. The average Bonchev–Trinajstić information content (AvgIpc) is 2.97. The monoisotopic (exact) mass is 397 g/mol. The summed E-state index contributed by atoms with van der Waals surface area (Å²) in [4.78, 5) is 26.9. The van der Waals surface area contributed by atoms with Gasteiger partial charge in [0.15, 0.2) is 0 Å². The predicted octanol–water partition coefficient (Wildman–Crippen LogP) is 2.51. The van der Waals surface area contributed by atoms with Gasteiger partial charge in [-0.15, -0.1) is 0 Å². The smallest absolute Gasteiger partial charge is 0.295 e. The lowest BCUT2D eigenvalue weighted by molar-refractivity contribution is -0.140. The van der Waals surface area contributed by atoms with Gasteiger partial charge in [-0.1, -0.05) is 30.3 Å². The molecule has 2 N–H and O–H groups in total. The van der Waals surface area contributed by atoms with Crippen molar-refractivity contribution in [2.24, 2.45) is 0 Å². The van der Waals surface area contributed by atoms with Crippen molar-refractivity contribution >= 4 is 17.4 Å². The summed E-state index contributed by atoms with van der Waals surface area (Å²) in [7, 11) is 2.99. The Hall–Kier alpha value is -3.32. The molecule has 2 atom stereocenters. The van der Waals surface area contributed by atoms with Crippen LogP contribution in [-0.2, 0) is 9.59 Å². The number of ether oxygens (including phenoxy) is 2. The van der Waals surface area contributed by atoms with Gasteiger partial charge in [0.05, 0.1) is 31.9 Å². The van der Waals surface area contributed by atoms with E-state index in [1.54, 1.807) is 48.5 Å². The fraction of sp³-hybridized carbons (Fsp3) is 0.273. The van der Waals surface area contributed by atoms with Crippen LogP contribution in [0.2, 0.25) is 0 Å². The van der Waals surface area contributed by atoms with Crippen molar-refractivity contribution in [2.45, 2.75) is 19.1 Å². The van der Waals surface area contributed by atoms with Gasteiger partial charge in [-0.2, -0.15) is 0 Å². The Balaban J connectivity index is 2.24. The lowest BCUT2D eigenvalue weighted by Crippen LogP contribution is -2.35. The third kappa shape index (κ3) is 3.82. The summed E-state index contributed by atoms with van der Waals surface area (Å²) in [6, 6.07) is 12.6. The maximum absolute atomic E-state index is 12.9. The van der Waals surface area contributed by atoms with Gasteiger partial charge in [0.2, 0.25) is 0 Å². The Morgan fingerprint density at radius 3 is 2.38 bits per heavy atom. The molecular weight excluding hydrogens is 374 g/mol. The molecular formula is C22H23NO6. The molecule has 2 aromatic carbocycles. The molecule has 0 aromatic heterocycles. The minimum Gasteiger partial charge on any atom is -0.507 e. The van der Waals surface area contributed by atoms with E-state index in [-0.39, 0.29) is 17.9 Å². The largest absolute Gasteiger partial charge is 0.507 e. The normalized spacial score (nSPS) is 19.3. The highest BCUT2D eigenvalue weighted by atomic mass is 16.5. The van der Waals surface area contributed by atoms with Crippen molar-refractivity contribution in [3.05, 3.63) is 65.2 Å². The van der Waals surface area contributed by atoms with Crippen molar-refractivity contribution in [3.8, 4) is 11.5 Å². The van der Waals surface area contributed by atoms with E-state index in [9.17, 15) is 19.8 Å². The van der Waals surface area contributed by atoms with Gasteiger partial charge in [0, 0.05) is 23.7 Å². The van der Waals surface area contributed by atoms with Crippen molar-refractivity contribution < 1.29 is 29.3 Å². The molecule has 0 bridgehead atoms. The third-order valence-electron chi connectivity index (χ3n) is 4.78. The van der Waals surface area contributed by atoms with Crippen molar-refractivity contribution in [2.75, 3.05) is 20.8 Å². The lowest BCUT2D eigenvalue weighted by atomic mass is 9.94. The first kappa shape index (κ1) is 20.4. The molecule has 3 rings (SSSR count). The predicted molar refractivity (Wildman–Crippen MR) is 107 cm³/mol. The number of carbonyl (C=O) groups is 2. The molecule has 0 spiro atoms. The maximum atomic E-state index is 12.9. The number of benzene rings is 2. The van der Waals surface area contributed by atoms with Crippen molar-refractivity contribution in [1.82, 2.24) is 4.90 Å². The zero-order valence-electron chi connectivity index (χ0n) is 16.5. The van der Waals surface area contributed by atoms with E-state index in [2.05, 4.69) is 0 Å². The highest BCUT2D eigenvalue weighted by Crippen LogP contribution is 2.43. The Morgan fingerprint density at radius 1 is 1.10 bits per heavy atom. The number of hydrogen-bond acceptors (Lipinski definition) is 6. The van der Waals surface area contributed by atoms with Gasteiger partial charge >= 0.3 is 0 Å². The topological polar surface area (TPSA) is 96.3 Å². The number of nitrogens with zero attached hydrogens (tertiary/aromatic N) is 1. The first-order chi connectivity index (χ1) is 13.9. The Kier molecular flexibility index (Phi) is 5.89. The van der Waals surface area contributed by atoms with E-state index in [0.717, 1.165) is 0 Å². The minimum atomic E-state index is -0.911. The average molecular weight is 397 g/mol. The molecule has 7 nitrogen and oxygen atoms in total. The number of likely N-dealkylation sites (tertiary alicyclic amines) is 1. The Labute approximate surface area is 168 Å². The molecule has 1 heterocycles. The number of ketones is 1. The zero-order chi connectivity index (χ0) is 21.1. The summed E-state index contributed by atoms with van der Waals surface area (Å²) in [5.74, 6) is -0.937. The van der Waals surface area contributed by atoms with E-state index in [0.29, 0.717) is 22.6 Å². The van der Waals surface area contributed by atoms with Gasteiger partial charge in [-0.25, -0.2) is 0 Å². The highest BCUT2D eigenvalue weighted by Gasteiger charge is 2.47. The van der Waals surface area contributed by atoms with Crippen LogP contribution in [0.5, 0.6) is 11.5 Å². The quantitative estimate of drug-likeness (QED) is 0.442. The molecule has 1 amide bonds. The van der Waals surface area contributed by atoms with Crippen LogP contribution in [0.25, 0.3) is 5.76 Å². The van der Waals surface area contributed by atoms with Crippen LogP contribution in [0, 0.1) is 0 Å². The number of carbonyl (C=O) groups excluding carboxylic acids is 2. The van der Waals surface area contributed by atoms with E-state index in [1.165, 1.54) is 26.0 Å².